The summed E-state index contributed by atoms with van der Waals surface area (Å²) in [5, 5.41) is 12.0. The van der Waals surface area contributed by atoms with Gasteiger partial charge in [0.05, 0.1) is 0 Å². The summed E-state index contributed by atoms with van der Waals surface area (Å²) in [5.74, 6) is -0.923. The number of hydrogen-bond acceptors (Lipinski definition) is 2. The highest BCUT2D eigenvalue weighted by atomic mass is 16.4. The minimum absolute atomic E-state index is 0.895. The van der Waals surface area contributed by atoms with E-state index >= 15 is 0 Å². The number of unbranched alkanes of at least 4 members (excludes halogenated alkanes) is 9. The Labute approximate surface area is 165 Å². The molecule has 0 radical (unpaired) electrons. The fourth-order valence-electron chi connectivity index (χ4n) is 2.96. The van der Waals surface area contributed by atoms with Gasteiger partial charge in [-0.05, 0) is 49.5 Å². The summed E-state index contributed by atoms with van der Waals surface area (Å²) >= 11 is 0. The predicted octanol–water partition coefficient (Wildman–Crippen LogP) is 7.06. The van der Waals surface area contributed by atoms with E-state index in [4.69, 9.17) is 5.11 Å². The average Bonchev–Trinajstić information content (AvgIpc) is 2.67. The van der Waals surface area contributed by atoms with Gasteiger partial charge < -0.3 is 10.4 Å². The topological polar surface area (TPSA) is 49.3 Å². The van der Waals surface area contributed by atoms with Gasteiger partial charge in [-0.3, -0.25) is 0 Å². The fraction of sp³-hybridized carbons (Fsp3) is 0.542. The molecule has 0 atom stereocenters. The first kappa shape index (κ1) is 23.0. The van der Waals surface area contributed by atoms with Gasteiger partial charge in [0.15, 0.2) is 0 Å². The third kappa shape index (κ3) is 13.8. The van der Waals surface area contributed by atoms with Crippen molar-refractivity contribution in [3.63, 3.8) is 0 Å². The molecule has 0 saturated heterocycles. The van der Waals surface area contributed by atoms with Crippen molar-refractivity contribution < 1.29 is 9.90 Å². The van der Waals surface area contributed by atoms with Crippen molar-refractivity contribution >= 4 is 17.7 Å². The molecule has 0 unspecified atom stereocenters. The number of aliphatic carboxylic acids is 1. The highest BCUT2D eigenvalue weighted by Gasteiger charge is 1.93. The number of hydrogen-bond donors (Lipinski definition) is 2. The van der Waals surface area contributed by atoms with Crippen LogP contribution in [-0.2, 0) is 4.79 Å². The van der Waals surface area contributed by atoms with E-state index in [1.54, 1.807) is 6.08 Å². The van der Waals surface area contributed by atoms with Crippen LogP contribution in [0.4, 0.5) is 5.69 Å². The first-order chi connectivity index (χ1) is 13.2. The molecule has 0 saturated carbocycles. The van der Waals surface area contributed by atoms with Crippen molar-refractivity contribution in [3.8, 4) is 0 Å². The van der Waals surface area contributed by atoms with Crippen LogP contribution < -0.4 is 5.32 Å². The van der Waals surface area contributed by atoms with Crippen LogP contribution >= 0.6 is 0 Å². The van der Waals surface area contributed by atoms with Crippen LogP contribution in [0.5, 0.6) is 0 Å². The van der Waals surface area contributed by atoms with Crippen molar-refractivity contribution in [2.45, 2.75) is 77.6 Å². The Morgan fingerprint density at radius 2 is 1.48 bits per heavy atom. The maximum Gasteiger partial charge on any atom is 0.328 e. The molecule has 0 aliphatic rings. The zero-order valence-corrected chi connectivity index (χ0v) is 17.0. The van der Waals surface area contributed by atoms with Gasteiger partial charge in [0.25, 0.3) is 0 Å². The Kier molecular flexibility index (Phi) is 13.8. The van der Waals surface area contributed by atoms with Crippen LogP contribution in [-0.4, -0.2) is 17.6 Å². The monoisotopic (exact) mass is 371 g/mol. The summed E-state index contributed by atoms with van der Waals surface area (Å²) in [6, 6.07) is 7.82. The van der Waals surface area contributed by atoms with E-state index in [2.05, 4.69) is 24.4 Å². The van der Waals surface area contributed by atoms with E-state index < -0.39 is 5.97 Å². The largest absolute Gasteiger partial charge is 0.478 e. The molecule has 150 valence electrons. The third-order valence-electron chi connectivity index (χ3n) is 4.60. The molecule has 0 heterocycles. The summed E-state index contributed by atoms with van der Waals surface area (Å²) in [5.41, 5.74) is 1.97. The number of benzene rings is 1. The predicted molar refractivity (Wildman–Crippen MR) is 117 cm³/mol. The highest BCUT2D eigenvalue weighted by Crippen LogP contribution is 2.12. The van der Waals surface area contributed by atoms with Crippen molar-refractivity contribution in [2.75, 3.05) is 11.9 Å². The second-order valence-corrected chi connectivity index (χ2v) is 7.10. The van der Waals surface area contributed by atoms with Gasteiger partial charge >= 0.3 is 5.97 Å². The van der Waals surface area contributed by atoms with E-state index in [0.717, 1.165) is 36.7 Å². The Bertz CT molecular complexity index is 546. The zero-order chi connectivity index (χ0) is 19.6. The van der Waals surface area contributed by atoms with E-state index in [0.29, 0.717) is 0 Å². The lowest BCUT2D eigenvalue weighted by molar-refractivity contribution is -0.131. The van der Waals surface area contributed by atoms with Gasteiger partial charge in [-0.2, -0.15) is 0 Å². The van der Waals surface area contributed by atoms with E-state index in [1.807, 2.05) is 24.3 Å². The van der Waals surface area contributed by atoms with Gasteiger partial charge in [0.2, 0.25) is 0 Å². The van der Waals surface area contributed by atoms with E-state index in [1.165, 1.54) is 57.8 Å². The quantitative estimate of drug-likeness (QED) is 0.186. The second-order valence-electron chi connectivity index (χ2n) is 7.10. The van der Waals surface area contributed by atoms with Crippen LogP contribution in [0.3, 0.4) is 0 Å². The van der Waals surface area contributed by atoms with Gasteiger partial charge in [-0.15, -0.1) is 0 Å². The molecule has 0 bridgehead atoms. The molecule has 3 nitrogen and oxygen atoms in total. The lowest BCUT2D eigenvalue weighted by Crippen LogP contribution is -2.00. The summed E-state index contributed by atoms with van der Waals surface area (Å²) in [4.78, 5) is 10.5. The molecule has 1 aromatic carbocycles. The van der Waals surface area contributed by atoms with Gasteiger partial charge in [-0.25, -0.2) is 4.79 Å². The first-order valence-corrected chi connectivity index (χ1v) is 10.6. The molecule has 0 amide bonds. The number of allylic oxidation sites excluding steroid dienone is 2. The molecule has 0 spiro atoms. The normalized spacial score (nSPS) is 11.4. The first-order valence-electron chi connectivity index (χ1n) is 10.6. The summed E-state index contributed by atoms with van der Waals surface area (Å²) in [7, 11) is 0. The Hall–Kier alpha value is -2.03. The lowest BCUT2D eigenvalue weighted by Gasteiger charge is -2.05. The summed E-state index contributed by atoms with van der Waals surface area (Å²) in [6.07, 6.45) is 21.9. The SMILES string of the molecule is CCCCCCCCCC/C=C/CCCNc1ccc(/C=C/C(=O)O)cc1. The van der Waals surface area contributed by atoms with Crippen molar-refractivity contribution in [1.29, 1.82) is 0 Å². The molecule has 0 aromatic heterocycles. The summed E-state index contributed by atoms with van der Waals surface area (Å²) in [6.45, 7) is 3.22. The van der Waals surface area contributed by atoms with Crippen LogP contribution in [0, 0.1) is 0 Å². The van der Waals surface area contributed by atoms with Crippen molar-refractivity contribution in [3.05, 3.63) is 48.1 Å². The number of carboxylic acids is 1. The number of rotatable bonds is 16. The Balaban J connectivity index is 1.97. The smallest absolute Gasteiger partial charge is 0.328 e. The van der Waals surface area contributed by atoms with Gasteiger partial charge in [-0.1, -0.05) is 76.2 Å². The number of carbonyl (C=O) groups is 1. The molecule has 0 aliphatic carbocycles. The molecule has 27 heavy (non-hydrogen) atoms. The zero-order valence-electron chi connectivity index (χ0n) is 17.0. The standard InChI is InChI=1S/C24H37NO2/c1-2-3-4-5-6-7-8-9-10-11-12-13-14-21-25-23-18-15-22(16-19-23)17-20-24(26)27/h11-12,15-20,25H,2-10,13-14,21H2,1H3,(H,26,27)/b12-11+,20-17+. The van der Waals surface area contributed by atoms with E-state index in [-0.39, 0.29) is 0 Å². The lowest BCUT2D eigenvalue weighted by atomic mass is 10.1. The molecular formula is C24H37NO2. The molecule has 2 N–H and O–H groups in total. The summed E-state index contributed by atoms with van der Waals surface area (Å²) < 4.78 is 0. The van der Waals surface area contributed by atoms with Gasteiger partial charge in [0, 0.05) is 18.3 Å². The Morgan fingerprint density at radius 1 is 0.889 bits per heavy atom. The fourth-order valence-corrected chi connectivity index (χ4v) is 2.96. The maximum absolute atomic E-state index is 10.5. The molecule has 0 aliphatic heterocycles. The minimum Gasteiger partial charge on any atom is -0.478 e. The average molecular weight is 372 g/mol. The van der Waals surface area contributed by atoms with Crippen molar-refractivity contribution in [1.82, 2.24) is 0 Å². The van der Waals surface area contributed by atoms with Crippen LogP contribution in [0.25, 0.3) is 6.08 Å². The Morgan fingerprint density at radius 3 is 2.11 bits per heavy atom. The maximum atomic E-state index is 10.5. The van der Waals surface area contributed by atoms with Crippen molar-refractivity contribution in [2.24, 2.45) is 0 Å². The molecule has 3 heteroatoms. The van der Waals surface area contributed by atoms with Crippen LogP contribution in [0.2, 0.25) is 0 Å². The third-order valence-corrected chi connectivity index (χ3v) is 4.60. The van der Waals surface area contributed by atoms with Crippen LogP contribution in [0.15, 0.2) is 42.5 Å². The second kappa shape index (κ2) is 16.2. The number of nitrogens with one attached hydrogen (secondary N) is 1. The van der Waals surface area contributed by atoms with E-state index in [9.17, 15) is 4.79 Å². The molecule has 1 aromatic rings. The van der Waals surface area contributed by atoms with Gasteiger partial charge in [0.1, 0.15) is 0 Å². The molecular weight excluding hydrogens is 334 g/mol. The molecule has 1 rings (SSSR count). The number of anilines is 1. The van der Waals surface area contributed by atoms with Crippen LogP contribution in [0.1, 0.15) is 83.1 Å². The minimum atomic E-state index is -0.923. The molecule has 0 fully saturated rings. The number of carboxylic acid groups (broad SMARTS) is 1. The highest BCUT2D eigenvalue weighted by molar-refractivity contribution is 5.85.